The highest BCUT2D eigenvalue weighted by atomic mass is 35.5. The number of methoxy groups -OCH3 is 1. The molecule has 1 aromatic carbocycles. The van der Waals surface area contributed by atoms with E-state index in [2.05, 4.69) is 0 Å². The van der Waals surface area contributed by atoms with E-state index >= 15 is 0 Å². The molecule has 0 atom stereocenters. The van der Waals surface area contributed by atoms with Gasteiger partial charge in [-0.2, -0.15) is 0 Å². The van der Waals surface area contributed by atoms with Gasteiger partial charge in [0.2, 0.25) is 0 Å². The fraction of sp³-hybridized carbons (Fsp3) is 0.538. The summed E-state index contributed by atoms with van der Waals surface area (Å²) in [5.74, 6) is 1.21. The van der Waals surface area contributed by atoms with Gasteiger partial charge < -0.3 is 14.6 Å². The first kappa shape index (κ1) is 11.2. The molecule has 0 unspecified atom stereocenters. The molecule has 17 heavy (non-hydrogen) atoms. The smallest absolute Gasteiger partial charge is 0.180 e. The van der Waals surface area contributed by atoms with Gasteiger partial charge in [0.05, 0.1) is 23.8 Å². The SMILES string of the molecule is COc1cc(C2(O)CC2)cc(Cl)c1OC1CC1. The molecule has 2 aliphatic rings. The Labute approximate surface area is 105 Å². The standard InChI is InChI=1S/C13H15ClO3/c1-16-11-7-8(13(15)4-5-13)6-10(14)12(11)17-9-2-3-9/h6-7,9,15H,2-5H2,1H3. The molecule has 0 aromatic heterocycles. The van der Waals surface area contributed by atoms with Crippen molar-refractivity contribution in [2.45, 2.75) is 37.4 Å². The van der Waals surface area contributed by atoms with Gasteiger partial charge in [0.1, 0.15) is 0 Å². The topological polar surface area (TPSA) is 38.7 Å². The summed E-state index contributed by atoms with van der Waals surface area (Å²) < 4.78 is 11.0. The minimum absolute atomic E-state index is 0.274. The average Bonchev–Trinajstić information content (AvgIpc) is 3.19. The van der Waals surface area contributed by atoms with Crippen molar-refractivity contribution in [2.24, 2.45) is 0 Å². The number of benzene rings is 1. The summed E-state index contributed by atoms with van der Waals surface area (Å²) in [6, 6.07) is 3.62. The molecular weight excluding hydrogens is 240 g/mol. The van der Waals surface area contributed by atoms with E-state index in [-0.39, 0.29) is 6.10 Å². The minimum Gasteiger partial charge on any atom is -0.493 e. The Morgan fingerprint density at radius 1 is 1.35 bits per heavy atom. The molecule has 2 aliphatic carbocycles. The van der Waals surface area contributed by atoms with E-state index in [0.717, 1.165) is 31.2 Å². The van der Waals surface area contributed by atoms with Gasteiger partial charge in [0.15, 0.2) is 11.5 Å². The van der Waals surface area contributed by atoms with Crippen LogP contribution in [0, 0.1) is 0 Å². The predicted octanol–water partition coefficient (Wildman–Crippen LogP) is 2.87. The highest BCUT2D eigenvalue weighted by molar-refractivity contribution is 6.32. The second-order valence-electron chi connectivity index (χ2n) is 4.84. The molecule has 0 radical (unpaired) electrons. The lowest BCUT2D eigenvalue weighted by Crippen LogP contribution is -2.06. The number of hydrogen-bond donors (Lipinski definition) is 1. The first-order valence-electron chi connectivity index (χ1n) is 5.89. The average molecular weight is 255 g/mol. The lowest BCUT2D eigenvalue weighted by Gasteiger charge is -2.16. The molecule has 0 spiro atoms. The van der Waals surface area contributed by atoms with Crippen molar-refractivity contribution in [3.63, 3.8) is 0 Å². The van der Waals surface area contributed by atoms with Crippen LogP contribution in [-0.4, -0.2) is 18.3 Å². The van der Waals surface area contributed by atoms with Crippen LogP contribution < -0.4 is 9.47 Å². The second kappa shape index (κ2) is 3.79. The van der Waals surface area contributed by atoms with Crippen molar-refractivity contribution in [3.05, 3.63) is 22.7 Å². The quantitative estimate of drug-likeness (QED) is 0.898. The van der Waals surface area contributed by atoms with Crippen LogP contribution in [-0.2, 0) is 5.60 Å². The lowest BCUT2D eigenvalue weighted by atomic mass is 10.1. The number of ether oxygens (including phenoxy) is 2. The number of hydrogen-bond acceptors (Lipinski definition) is 3. The summed E-state index contributed by atoms with van der Waals surface area (Å²) in [5.41, 5.74) is 0.122. The molecular formula is C13H15ClO3. The largest absolute Gasteiger partial charge is 0.493 e. The molecule has 4 heteroatoms. The molecule has 3 nitrogen and oxygen atoms in total. The summed E-state index contributed by atoms with van der Waals surface area (Å²) in [7, 11) is 1.59. The van der Waals surface area contributed by atoms with Crippen LogP contribution in [0.2, 0.25) is 5.02 Å². The maximum Gasteiger partial charge on any atom is 0.180 e. The van der Waals surface area contributed by atoms with E-state index in [1.54, 1.807) is 13.2 Å². The van der Waals surface area contributed by atoms with E-state index in [4.69, 9.17) is 21.1 Å². The van der Waals surface area contributed by atoms with Gasteiger partial charge in [-0.05, 0) is 43.4 Å². The van der Waals surface area contributed by atoms with Gasteiger partial charge in [0, 0.05) is 0 Å². The Balaban J connectivity index is 1.97. The summed E-state index contributed by atoms with van der Waals surface area (Å²) in [4.78, 5) is 0. The van der Waals surface area contributed by atoms with Gasteiger partial charge in [-0.15, -0.1) is 0 Å². The molecule has 0 saturated heterocycles. The van der Waals surface area contributed by atoms with Crippen molar-refractivity contribution < 1.29 is 14.6 Å². The Hall–Kier alpha value is -0.930. The summed E-state index contributed by atoms with van der Waals surface area (Å²) in [5, 5.41) is 10.6. The fourth-order valence-electron chi connectivity index (χ4n) is 1.86. The van der Waals surface area contributed by atoms with Crippen LogP contribution in [0.1, 0.15) is 31.2 Å². The third-order valence-corrected chi connectivity index (χ3v) is 3.58. The fourth-order valence-corrected chi connectivity index (χ4v) is 2.12. The summed E-state index contributed by atoms with van der Waals surface area (Å²) in [6.45, 7) is 0. The highest BCUT2D eigenvalue weighted by Gasteiger charge is 2.43. The summed E-state index contributed by atoms with van der Waals surface area (Å²) >= 11 is 6.20. The lowest BCUT2D eigenvalue weighted by molar-refractivity contribution is 0.151. The van der Waals surface area contributed by atoms with Crippen molar-refractivity contribution >= 4 is 11.6 Å². The summed E-state index contributed by atoms with van der Waals surface area (Å²) in [6.07, 6.45) is 4.00. The molecule has 0 heterocycles. The van der Waals surface area contributed by atoms with Crippen LogP contribution >= 0.6 is 11.6 Å². The second-order valence-corrected chi connectivity index (χ2v) is 5.25. The molecule has 0 amide bonds. The number of rotatable bonds is 4. The Kier molecular flexibility index (Phi) is 2.49. The van der Waals surface area contributed by atoms with E-state index in [0.29, 0.717) is 16.5 Å². The Bertz CT molecular complexity index is 450. The van der Waals surface area contributed by atoms with Crippen LogP contribution in [0.25, 0.3) is 0 Å². The molecule has 0 aliphatic heterocycles. The van der Waals surface area contributed by atoms with E-state index < -0.39 is 5.60 Å². The molecule has 2 fully saturated rings. The predicted molar refractivity (Wildman–Crippen MR) is 64.8 cm³/mol. The van der Waals surface area contributed by atoms with Gasteiger partial charge in [-0.3, -0.25) is 0 Å². The zero-order valence-corrected chi connectivity index (χ0v) is 10.5. The van der Waals surface area contributed by atoms with Crippen molar-refractivity contribution in [1.82, 2.24) is 0 Å². The van der Waals surface area contributed by atoms with Gasteiger partial charge in [-0.25, -0.2) is 0 Å². The van der Waals surface area contributed by atoms with Crippen LogP contribution in [0.15, 0.2) is 12.1 Å². The first-order valence-corrected chi connectivity index (χ1v) is 6.27. The Morgan fingerprint density at radius 3 is 2.59 bits per heavy atom. The van der Waals surface area contributed by atoms with Gasteiger partial charge >= 0.3 is 0 Å². The van der Waals surface area contributed by atoms with E-state index in [1.165, 1.54) is 0 Å². The third kappa shape index (κ3) is 2.09. The monoisotopic (exact) mass is 254 g/mol. The van der Waals surface area contributed by atoms with Crippen LogP contribution in [0.3, 0.4) is 0 Å². The molecule has 1 N–H and O–H groups in total. The first-order chi connectivity index (χ1) is 8.12. The molecule has 1 aromatic rings. The third-order valence-electron chi connectivity index (χ3n) is 3.30. The zero-order valence-electron chi connectivity index (χ0n) is 9.70. The Morgan fingerprint density at radius 2 is 2.06 bits per heavy atom. The molecule has 92 valence electrons. The van der Waals surface area contributed by atoms with Gasteiger partial charge in [0.25, 0.3) is 0 Å². The van der Waals surface area contributed by atoms with Crippen molar-refractivity contribution in [3.8, 4) is 11.5 Å². The van der Waals surface area contributed by atoms with Crippen molar-refractivity contribution in [1.29, 1.82) is 0 Å². The van der Waals surface area contributed by atoms with Crippen LogP contribution in [0.5, 0.6) is 11.5 Å². The van der Waals surface area contributed by atoms with E-state index in [9.17, 15) is 5.11 Å². The number of aliphatic hydroxyl groups is 1. The normalized spacial score (nSPS) is 21.1. The zero-order chi connectivity index (χ0) is 12.0. The highest BCUT2D eigenvalue weighted by Crippen LogP contribution is 2.49. The number of halogens is 1. The maximum atomic E-state index is 10.1. The maximum absolute atomic E-state index is 10.1. The van der Waals surface area contributed by atoms with Gasteiger partial charge in [-0.1, -0.05) is 11.6 Å². The molecule has 0 bridgehead atoms. The van der Waals surface area contributed by atoms with Crippen LogP contribution in [0.4, 0.5) is 0 Å². The molecule has 3 rings (SSSR count). The minimum atomic E-state index is -0.699. The van der Waals surface area contributed by atoms with E-state index in [1.807, 2.05) is 6.07 Å². The van der Waals surface area contributed by atoms with Crippen molar-refractivity contribution in [2.75, 3.05) is 7.11 Å². The molecule has 2 saturated carbocycles.